The highest BCUT2D eigenvalue weighted by Crippen LogP contribution is 2.28. The van der Waals surface area contributed by atoms with Gasteiger partial charge in [-0.2, -0.15) is 0 Å². The third kappa shape index (κ3) is 7.96. The number of amides is 2. The number of benzene rings is 4. The van der Waals surface area contributed by atoms with Gasteiger partial charge in [-0.1, -0.05) is 71.7 Å². The molecule has 1 N–H and O–H groups in total. The zero-order valence-electron chi connectivity index (χ0n) is 24.1. The molecule has 0 bridgehead atoms. The summed E-state index contributed by atoms with van der Waals surface area (Å²) in [7, 11) is -2.70. The number of halogens is 2. The number of carbonyl (C=O) groups is 2. The van der Waals surface area contributed by atoms with Crippen LogP contribution in [0.4, 0.5) is 5.69 Å². The van der Waals surface area contributed by atoms with E-state index in [0.29, 0.717) is 15.7 Å². The minimum Gasteiger partial charge on any atom is -0.357 e. The molecule has 0 heterocycles. The molecule has 0 aliphatic rings. The topological polar surface area (TPSA) is 86.8 Å². The van der Waals surface area contributed by atoms with E-state index in [9.17, 15) is 18.0 Å². The number of carbonyl (C=O) groups excluding carboxylic acids is 2. The van der Waals surface area contributed by atoms with Gasteiger partial charge in [-0.3, -0.25) is 13.9 Å². The largest absolute Gasteiger partial charge is 0.357 e. The number of hydrogen-bond donors (Lipinski definition) is 1. The summed E-state index contributed by atoms with van der Waals surface area (Å²) in [6.45, 7) is 3.32. The van der Waals surface area contributed by atoms with Gasteiger partial charge >= 0.3 is 0 Å². The van der Waals surface area contributed by atoms with Gasteiger partial charge in [-0.15, -0.1) is 0 Å². The van der Waals surface area contributed by atoms with Gasteiger partial charge in [0, 0.05) is 30.1 Å². The maximum absolute atomic E-state index is 14.3. The molecule has 0 radical (unpaired) electrons. The second-order valence-corrected chi connectivity index (χ2v) is 12.9. The van der Waals surface area contributed by atoms with E-state index in [1.165, 1.54) is 36.2 Å². The van der Waals surface area contributed by atoms with Crippen LogP contribution in [0.5, 0.6) is 0 Å². The Balaban J connectivity index is 1.80. The molecular weight excluding hydrogens is 605 g/mol. The Bertz CT molecular complexity index is 1680. The number of nitrogens with zero attached hydrogens (tertiary/aromatic N) is 2. The Morgan fingerprint density at radius 3 is 1.98 bits per heavy atom. The molecule has 0 saturated heterocycles. The van der Waals surface area contributed by atoms with Crippen LogP contribution >= 0.6 is 23.2 Å². The number of anilines is 1. The molecule has 0 aliphatic carbocycles. The Labute approximate surface area is 263 Å². The van der Waals surface area contributed by atoms with Crippen LogP contribution in [-0.4, -0.2) is 44.8 Å². The number of likely N-dealkylation sites (N-methyl/N-ethyl adjacent to an activating group) is 1. The smallest absolute Gasteiger partial charge is 0.264 e. The number of aryl methyl sites for hydroxylation is 2. The quantitative estimate of drug-likeness (QED) is 0.212. The van der Waals surface area contributed by atoms with Crippen molar-refractivity contribution < 1.29 is 18.0 Å². The lowest BCUT2D eigenvalue weighted by molar-refractivity contribution is -0.139. The molecule has 2 amide bonds. The highest BCUT2D eigenvalue weighted by molar-refractivity contribution is 7.92. The molecular formula is C33H33Cl2N3O4S. The van der Waals surface area contributed by atoms with Crippen LogP contribution in [0.2, 0.25) is 10.0 Å². The normalized spacial score (nSPS) is 11.9. The fourth-order valence-electron chi connectivity index (χ4n) is 4.65. The van der Waals surface area contributed by atoms with Gasteiger partial charge in [0.1, 0.15) is 12.6 Å². The fraction of sp³-hybridized carbons (Fsp3) is 0.212. The summed E-state index contributed by atoms with van der Waals surface area (Å²) in [5.74, 6) is -0.917. The first-order valence-corrected chi connectivity index (χ1v) is 15.8. The Morgan fingerprint density at radius 2 is 1.40 bits per heavy atom. The molecule has 4 aromatic rings. The predicted molar refractivity (Wildman–Crippen MR) is 172 cm³/mol. The summed E-state index contributed by atoms with van der Waals surface area (Å²) in [4.78, 5) is 29.1. The summed E-state index contributed by atoms with van der Waals surface area (Å²) < 4.78 is 29.2. The number of rotatable bonds is 11. The monoisotopic (exact) mass is 637 g/mol. The molecule has 0 fully saturated rings. The van der Waals surface area contributed by atoms with Gasteiger partial charge in [0.25, 0.3) is 10.0 Å². The standard InChI is InChI=1S/C33H33Cl2N3O4S/c1-23-9-16-29(19-24(23)2)38(43(41,42)30-17-14-28(35)15-18-30)22-32(39)37(21-26-10-12-27(34)13-11-26)31(33(40)36-3)20-25-7-5-4-6-8-25/h4-19,31H,20-22H2,1-3H3,(H,36,40)/t31-/m1/s1. The van der Waals surface area contributed by atoms with E-state index < -0.39 is 28.5 Å². The number of sulfonamides is 1. The summed E-state index contributed by atoms with van der Waals surface area (Å²) in [5.41, 5.74) is 3.76. The lowest BCUT2D eigenvalue weighted by atomic mass is 10.0. The second-order valence-electron chi connectivity index (χ2n) is 10.2. The van der Waals surface area contributed by atoms with Gasteiger partial charge in [-0.05, 0) is 84.6 Å². The first-order valence-electron chi connectivity index (χ1n) is 13.6. The molecule has 4 rings (SSSR count). The minimum absolute atomic E-state index is 0.0145. The molecule has 4 aromatic carbocycles. The van der Waals surface area contributed by atoms with E-state index in [-0.39, 0.29) is 23.8 Å². The summed E-state index contributed by atoms with van der Waals surface area (Å²) in [5, 5.41) is 3.59. The maximum atomic E-state index is 14.3. The van der Waals surface area contributed by atoms with E-state index in [1.807, 2.05) is 50.2 Å². The van der Waals surface area contributed by atoms with Crippen molar-refractivity contribution in [2.45, 2.75) is 37.8 Å². The van der Waals surface area contributed by atoms with Crippen LogP contribution < -0.4 is 9.62 Å². The van der Waals surface area contributed by atoms with E-state index >= 15 is 0 Å². The molecule has 0 saturated carbocycles. The van der Waals surface area contributed by atoms with Crippen molar-refractivity contribution in [3.8, 4) is 0 Å². The average Bonchev–Trinajstić information content (AvgIpc) is 3.00. The Hall–Kier alpha value is -3.85. The molecule has 1 atom stereocenters. The highest BCUT2D eigenvalue weighted by atomic mass is 35.5. The van der Waals surface area contributed by atoms with Crippen molar-refractivity contribution in [1.29, 1.82) is 0 Å². The number of nitrogens with one attached hydrogen (secondary N) is 1. The summed E-state index contributed by atoms with van der Waals surface area (Å²) in [6, 6.07) is 26.4. The first kappa shape index (κ1) is 32.1. The van der Waals surface area contributed by atoms with Crippen molar-refractivity contribution >= 4 is 50.7 Å². The average molecular weight is 639 g/mol. The van der Waals surface area contributed by atoms with Crippen LogP contribution in [0.3, 0.4) is 0 Å². The third-order valence-electron chi connectivity index (χ3n) is 7.24. The molecule has 0 spiro atoms. The Morgan fingerprint density at radius 1 is 0.791 bits per heavy atom. The highest BCUT2D eigenvalue weighted by Gasteiger charge is 2.34. The van der Waals surface area contributed by atoms with E-state index in [2.05, 4.69) is 5.32 Å². The van der Waals surface area contributed by atoms with E-state index in [4.69, 9.17) is 23.2 Å². The predicted octanol–water partition coefficient (Wildman–Crippen LogP) is 6.19. The van der Waals surface area contributed by atoms with Gasteiger partial charge in [0.05, 0.1) is 10.6 Å². The first-order chi connectivity index (χ1) is 20.5. The second kappa shape index (κ2) is 14.1. The van der Waals surface area contributed by atoms with Crippen LogP contribution in [0, 0.1) is 13.8 Å². The SMILES string of the molecule is CNC(=O)[C@@H](Cc1ccccc1)N(Cc1ccc(Cl)cc1)C(=O)CN(c1ccc(C)c(C)c1)S(=O)(=O)c1ccc(Cl)cc1. The lowest BCUT2D eigenvalue weighted by Crippen LogP contribution is -2.53. The summed E-state index contributed by atoms with van der Waals surface area (Å²) in [6.07, 6.45) is 0.230. The van der Waals surface area contributed by atoms with Crippen molar-refractivity contribution in [2.24, 2.45) is 0 Å². The molecule has 0 aliphatic heterocycles. The van der Waals surface area contributed by atoms with Gasteiger partial charge in [0.2, 0.25) is 11.8 Å². The molecule has 0 unspecified atom stereocenters. The third-order valence-corrected chi connectivity index (χ3v) is 9.53. The van der Waals surface area contributed by atoms with Gasteiger partial charge in [0.15, 0.2) is 0 Å². The van der Waals surface area contributed by atoms with Crippen LogP contribution in [0.15, 0.2) is 102 Å². The van der Waals surface area contributed by atoms with Gasteiger partial charge < -0.3 is 10.2 Å². The van der Waals surface area contributed by atoms with Crippen molar-refractivity contribution in [2.75, 3.05) is 17.9 Å². The Kier molecular flexibility index (Phi) is 10.5. The van der Waals surface area contributed by atoms with Crippen molar-refractivity contribution in [3.63, 3.8) is 0 Å². The zero-order valence-corrected chi connectivity index (χ0v) is 26.5. The van der Waals surface area contributed by atoms with Crippen LogP contribution in [-0.2, 0) is 32.6 Å². The van der Waals surface area contributed by atoms with Crippen LogP contribution in [0.1, 0.15) is 22.3 Å². The van der Waals surface area contributed by atoms with E-state index in [0.717, 1.165) is 26.6 Å². The maximum Gasteiger partial charge on any atom is 0.264 e. The molecule has 10 heteroatoms. The lowest BCUT2D eigenvalue weighted by Gasteiger charge is -2.33. The molecule has 7 nitrogen and oxygen atoms in total. The molecule has 0 aromatic heterocycles. The van der Waals surface area contributed by atoms with E-state index in [1.54, 1.807) is 36.4 Å². The number of hydrogen-bond acceptors (Lipinski definition) is 4. The van der Waals surface area contributed by atoms with Crippen molar-refractivity contribution in [3.05, 3.63) is 129 Å². The van der Waals surface area contributed by atoms with Crippen molar-refractivity contribution in [1.82, 2.24) is 10.2 Å². The minimum atomic E-state index is -4.21. The molecule has 224 valence electrons. The fourth-order valence-corrected chi connectivity index (χ4v) is 6.31. The summed E-state index contributed by atoms with van der Waals surface area (Å²) >= 11 is 12.1. The van der Waals surface area contributed by atoms with Crippen LogP contribution in [0.25, 0.3) is 0 Å². The van der Waals surface area contributed by atoms with Gasteiger partial charge in [-0.25, -0.2) is 8.42 Å². The molecule has 43 heavy (non-hydrogen) atoms. The zero-order chi connectivity index (χ0) is 31.1.